The summed E-state index contributed by atoms with van der Waals surface area (Å²) in [6.07, 6.45) is 0.532. The van der Waals surface area contributed by atoms with Crippen LogP contribution >= 0.6 is 23.8 Å². The average molecular weight is 271 g/mol. The quantitative estimate of drug-likeness (QED) is 0.855. The Hall–Kier alpha value is -1.13. The maximum absolute atomic E-state index is 12.1. The van der Waals surface area contributed by atoms with Gasteiger partial charge in [0.2, 0.25) is 0 Å². The first-order chi connectivity index (χ1) is 7.91. The molecule has 0 aliphatic rings. The van der Waals surface area contributed by atoms with E-state index < -0.39 is 0 Å². The van der Waals surface area contributed by atoms with Crippen LogP contribution in [0, 0.1) is 6.92 Å². The second-order valence-corrected chi connectivity index (χ2v) is 4.86. The SMILES string of the molecule is Cc1cc(Cl)ccc1C(=O)N(C)CCC(N)=S. The molecule has 0 saturated heterocycles. The van der Waals surface area contributed by atoms with Crippen LogP contribution in [0.3, 0.4) is 0 Å². The van der Waals surface area contributed by atoms with E-state index in [4.69, 9.17) is 29.6 Å². The minimum absolute atomic E-state index is 0.0459. The molecule has 92 valence electrons. The van der Waals surface area contributed by atoms with E-state index in [-0.39, 0.29) is 5.91 Å². The van der Waals surface area contributed by atoms with Gasteiger partial charge in [-0.3, -0.25) is 4.79 Å². The molecule has 2 N–H and O–H groups in total. The zero-order valence-corrected chi connectivity index (χ0v) is 11.4. The fourth-order valence-corrected chi connectivity index (χ4v) is 1.77. The lowest BCUT2D eigenvalue weighted by molar-refractivity contribution is 0.0798. The number of aryl methyl sites for hydroxylation is 1. The highest BCUT2D eigenvalue weighted by Gasteiger charge is 2.14. The first kappa shape index (κ1) is 13.9. The standard InChI is InChI=1S/C12H15ClN2OS/c1-8-7-9(13)3-4-10(8)12(16)15(2)6-5-11(14)17/h3-4,7H,5-6H2,1-2H3,(H2,14,17). The van der Waals surface area contributed by atoms with E-state index in [1.54, 1.807) is 30.1 Å². The molecule has 1 rings (SSSR count). The maximum Gasteiger partial charge on any atom is 0.253 e. The second kappa shape index (κ2) is 5.98. The third-order valence-electron chi connectivity index (χ3n) is 2.46. The van der Waals surface area contributed by atoms with Crippen molar-refractivity contribution in [2.75, 3.05) is 13.6 Å². The fraction of sp³-hybridized carbons (Fsp3) is 0.333. The van der Waals surface area contributed by atoms with E-state index >= 15 is 0 Å². The summed E-state index contributed by atoms with van der Waals surface area (Å²) in [7, 11) is 1.73. The molecule has 5 heteroatoms. The van der Waals surface area contributed by atoms with Gasteiger partial charge in [-0.25, -0.2) is 0 Å². The van der Waals surface area contributed by atoms with Crippen molar-refractivity contribution in [1.29, 1.82) is 0 Å². The summed E-state index contributed by atoms with van der Waals surface area (Å²) < 4.78 is 0. The van der Waals surface area contributed by atoms with Crippen molar-refractivity contribution >= 4 is 34.7 Å². The molecule has 0 saturated carbocycles. The van der Waals surface area contributed by atoms with Gasteiger partial charge < -0.3 is 10.6 Å². The third-order valence-corrected chi connectivity index (χ3v) is 2.90. The molecule has 0 spiro atoms. The van der Waals surface area contributed by atoms with E-state index in [9.17, 15) is 4.79 Å². The van der Waals surface area contributed by atoms with Crippen molar-refractivity contribution in [2.45, 2.75) is 13.3 Å². The lowest BCUT2D eigenvalue weighted by Crippen LogP contribution is -2.30. The summed E-state index contributed by atoms with van der Waals surface area (Å²) in [5.74, 6) is -0.0459. The normalized spacial score (nSPS) is 10.1. The minimum atomic E-state index is -0.0459. The molecule has 1 aromatic rings. The van der Waals surface area contributed by atoms with Crippen LogP contribution < -0.4 is 5.73 Å². The van der Waals surface area contributed by atoms with Gasteiger partial charge in [-0.1, -0.05) is 23.8 Å². The monoisotopic (exact) mass is 270 g/mol. The highest BCUT2D eigenvalue weighted by atomic mass is 35.5. The molecule has 1 amide bonds. The number of amides is 1. The third kappa shape index (κ3) is 3.98. The Bertz CT molecular complexity index is 448. The number of nitrogens with two attached hydrogens (primary N) is 1. The van der Waals surface area contributed by atoms with E-state index in [2.05, 4.69) is 0 Å². The number of rotatable bonds is 4. The predicted molar refractivity (Wildman–Crippen MR) is 74.6 cm³/mol. The molecule has 0 aliphatic heterocycles. The smallest absolute Gasteiger partial charge is 0.253 e. The number of nitrogens with zero attached hydrogens (tertiary/aromatic N) is 1. The summed E-state index contributed by atoms with van der Waals surface area (Å²) in [4.78, 5) is 14.1. The van der Waals surface area contributed by atoms with Crippen molar-refractivity contribution in [3.05, 3.63) is 34.3 Å². The number of carbonyl (C=O) groups excluding carboxylic acids is 1. The molecule has 0 bridgehead atoms. The summed E-state index contributed by atoms with van der Waals surface area (Å²) in [6, 6.07) is 5.22. The van der Waals surface area contributed by atoms with Crippen LogP contribution in [0.25, 0.3) is 0 Å². The van der Waals surface area contributed by atoms with Crippen LogP contribution in [0.15, 0.2) is 18.2 Å². The summed E-state index contributed by atoms with van der Waals surface area (Å²) >= 11 is 10.6. The topological polar surface area (TPSA) is 46.3 Å². The Labute approximate surface area is 112 Å². The maximum atomic E-state index is 12.1. The number of hydrogen-bond donors (Lipinski definition) is 1. The Balaban J connectivity index is 2.78. The van der Waals surface area contributed by atoms with Gasteiger partial charge in [0.25, 0.3) is 5.91 Å². The fourth-order valence-electron chi connectivity index (χ4n) is 1.45. The van der Waals surface area contributed by atoms with E-state index in [0.717, 1.165) is 5.56 Å². The van der Waals surface area contributed by atoms with Gasteiger partial charge in [-0.15, -0.1) is 0 Å². The van der Waals surface area contributed by atoms with E-state index in [1.807, 2.05) is 6.92 Å². The largest absolute Gasteiger partial charge is 0.393 e. The first-order valence-electron chi connectivity index (χ1n) is 5.21. The first-order valence-corrected chi connectivity index (χ1v) is 6.00. The van der Waals surface area contributed by atoms with Gasteiger partial charge in [-0.05, 0) is 30.7 Å². The highest BCUT2D eigenvalue weighted by Crippen LogP contribution is 2.16. The zero-order chi connectivity index (χ0) is 13.0. The molecule has 0 unspecified atom stereocenters. The van der Waals surface area contributed by atoms with Crippen molar-refractivity contribution in [1.82, 2.24) is 4.90 Å². The molecular weight excluding hydrogens is 256 g/mol. The van der Waals surface area contributed by atoms with Crippen molar-refractivity contribution in [2.24, 2.45) is 5.73 Å². The highest BCUT2D eigenvalue weighted by molar-refractivity contribution is 7.80. The van der Waals surface area contributed by atoms with Crippen molar-refractivity contribution < 1.29 is 4.79 Å². The van der Waals surface area contributed by atoms with Crippen LogP contribution in [-0.2, 0) is 0 Å². The minimum Gasteiger partial charge on any atom is -0.393 e. The number of hydrogen-bond acceptors (Lipinski definition) is 2. The average Bonchev–Trinajstić information content (AvgIpc) is 2.25. The number of benzene rings is 1. The van der Waals surface area contributed by atoms with Crippen molar-refractivity contribution in [3.8, 4) is 0 Å². The molecule has 0 radical (unpaired) electrons. The Morgan fingerprint density at radius 3 is 2.71 bits per heavy atom. The van der Waals surface area contributed by atoms with E-state index in [0.29, 0.717) is 28.5 Å². The van der Waals surface area contributed by atoms with Gasteiger partial charge in [0, 0.05) is 30.6 Å². The summed E-state index contributed by atoms with van der Waals surface area (Å²) in [6.45, 7) is 2.39. The van der Waals surface area contributed by atoms with Crippen LogP contribution in [0.5, 0.6) is 0 Å². The number of carbonyl (C=O) groups is 1. The Morgan fingerprint density at radius 1 is 1.53 bits per heavy atom. The van der Waals surface area contributed by atoms with Crippen LogP contribution in [0.4, 0.5) is 0 Å². The molecule has 0 atom stereocenters. The summed E-state index contributed by atoms with van der Waals surface area (Å²) in [5.41, 5.74) is 6.92. The van der Waals surface area contributed by atoms with Gasteiger partial charge >= 0.3 is 0 Å². The molecule has 0 aliphatic carbocycles. The van der Waals surface area contributed by atoms with Gasteiger partial charge in [0.15, 0.2) is 0 Å². The van der Waals surface area contributed by atoms with Crippen LogP contribution in [0.2, 0.25) is 5.02 Å². The Morgan fingerprint density at radius 2 is 2.18 bits per heavy atom. The Kier molecular flexibility index (Phi) is 4.90. The summed E-state index contributed by atoms with van der Waals surface area (Å²) in [5, 5.41) is 0.629. The zero-order valence-electron chi connectivity index (χ0n) is 9.87. The van der Waals surface area contributed by atoms with E-state index in [1.165, 1.54) is 0 Å². The molecule has 3 nitrogen and oxygen atoms in total. The van der Waals surface area contributed by atoms with Crippen LogP contribution in [0.1, 0.15) is 22.3 Å². The lowest BCUT2D eigenvalue weighted by Gasteiger charge is -2.18. The van der Waals surface area contributed by atoms with Gasteiger partial charge in [0.05, 0.1) is 4.99 Å². The van der Waals surface area contributed by atoms with Crippen LogP contribution in [-0.4, -0.2) is 29.4 Å². The molecule has 0 aromatic heterocycles. The lowest BCUT2D eigenvalue weighted by atomic mass is 10.1. The van der Waals surface area contributed by atoms with Gasteiger partial charge in [-0.2, -0.15) is 0 Å². The number of thiocarbonyl (C=S) groups is 1. The molecule has 0 fully saturated rings. The van der Waals surface area contributed by atoms with Gasteiger partial charge in [0.1, 0.15) is 0 Å². The number of halogens is 1. The predicted octanol–water partition coefficient (Wildman–Crippen LogP) is 2.40. The molecule has 1 aromatic carbocycles. The molecule has 17 heavy (non-hydrogen) atoms. The molecule has 0 heterocycles. The molecular formula is C12H15ClN2OS. The second-order valence-electron chi connectivity index (χ2n) is 3.90. The van der Waals surface area contributed by atoms with Crippen molar-refractivity contribution in [3.63, 3.8) is 0 Å².